The number of aliphatic hydroxyl groups is 1. The highest BCUT2D eigenvalue weighted by atomic mass is 32.2. The summed E-state index contributed by atoms with van der Waals surface area (Å²) in [6.07, 6.45) is 1.88. The fraction of sp³-hybridized carbons (Fsp3) is 0.818. The van der Waals surface area contributed by atoms with Crippen molar-refractivity contribution in [2.45, 2.75) is 32.1 Å². The number of nitrogens with zero attached hydrogens (tertiary/aromatic N) is 1. The van der Waals surface area contributed by atoms with Crippen molar-refractivity contribution in [3.05, 3.63) is 0 Å². The number of nitriles is 1. The van der Waals surface area contributed by atoms with Gasteiger partial charge in [-0.1, -0.05) is 13.8 Å². The number of thioether (sulfide) groups is 1. The average molecular weight is 244 g/mol. The normalized spacial score (nSPS) is 16.3. The molecule has 0 saturated heterocycles. The molecule has 0 aliphatic rings. The van der Waals surface area contributed by atoms with Gasteiger partial charge in [0.2, 0.25) is 5.91 Å². The van der Waals surface area contributed by atoms with E-state index in [9.17, 15) is 4.79 Å². The lowest BCUT2D eigenvalue weighted by Crippen LogP contribution is -2.44. The summed E-state index contributed by atoms with van der Waals surface area (Å²) in [6.45, 7) is 5.54. The standard InChI is InChI=1S/C11H20N2O2S/c1-7(2)9(5-12)11(15)13-8(3)10(6-14)16-4/h7-10,14H,6H2,1-4H3,(H,13,15). The second-order valence-electron chi connectivity index (χ2n) is 4.10. The first-order chi connectivity index (χ1) is 7.47. The van der Waals surface area contributed by atoms with Gasteiger partial charge in [0.1, 0.15) is 5.92 Å². The van der Waals surface area contributed by atoms with E-state index in [0.29, 0.717) is 0 Å². The van der Waals surface area contributed by atoms with Crippen LogP contribution >= 0.6 is 11.8 Å². The number of rotatable bonds is 6. The van der Waals surface area contributed by atoms with Crippen LogP contribution in [0.25, 0.3) is 0 Å². The van der Waals surface area contributed by atoms with Gasteiger partial charge in [-0.15, -0.1) is 0 Å². The van der Waals surface area contributed by atoms with E-state index in [0.717, 1.165) is 0 Å². The third-order valence-corrected chi connectivity index (χ3v) is 3.66. The van der Waals surface area contributed by atoms with Crippen molar-refractivity contribution in [3.8, 4) is 6.07 Å². The summed E-state index contributed by atoms with van der Waals surface area (Å²) in [7, 11) is 0. The topological polar surface area (TPSA) is 73.1 Å². The van der Waals surface area contributed by atoms with Gasteiger partial charge in [-0.05, 0) is 19.1 Å². The first kappa shape index (κ1) is 15.3. The van der Waals surface area contributed by atoms with E-state index >= 15 is 0 Å². The molecule has 0 saturated carbocycles. The van der Waals surface area contributed by atoms with Gasteiger partial charge in [0.05, 0.1) is 12.7 Å². The van der Waals surface area contributed by atoms with Gasteiger partial charge in [-0.3, -0.25) is 4.79 Å². The first-order valence-corrected chi connectivity index (χ1v) is 6.60. The fourth-order valence-electron chi connectivity index (χ4n) is 1.35. The van der Waals surface area contributed by atoms with E-state index in [1.807, 2.05) is 33.1 Å². The Kier molecular flexibility index (Phi) is 7.18. The summed E-state index contributed by atoms with van der Waals surface area (Å²) >= 11 is 1.50. The molecule has 3 atom stereocenters. The highest BCUT2D eigenvalue weighted by Gasteiger charge is 2.25. The smallest absolute Gasteiger partial charge is 0.237 e. The zero-order chi connectivity index (χ0) is 12.7. The maximum absolute atomic E-state index is 11.7. The third kappa shape index (κ3) is 4.42. The molecule has 0 aromatic rings. The molecule has 2 N–H and O–H groups in total. The minimum Gasteiger partial charge on any atom is -0.395 e. The van der Waals surface area contributed by atoms with Gasteiger partial charge >= 0.3 is 0 Å². The van der Waals surface area contributed by atoms with Crippen LogP contribution in [0, 0.1) is 23.2 Å². The Labute approximate surface area is 101 Å². The van der Waals surface area contributed by atoms with Crippen LogP contribution in [0.2, 0.25) is 0 Å². The Morgan fingerprint density at radius 2 is 2.06 bits per heavy atom. The second-order valence-corrected chi connectivity index (χ2v) is 5.18. The number of nitrogens with one attached hydrogen (secondary N) is 1. The molecule has 0 aromatic heterocycles. The Balaban J connectivity index is 4.38. The van der Waals surface area contributed by atoms with Crippen LogP contribution in [-0.4, -0.2) is 35.2 Å². The van der Waals surface area contributed by atoms with Crippen LogP contribution < -0.4 is 5.32 Å². The molecule has 1 amide bonds. The summed E-state index contributed by atoms with van der Waals surface area (Å²) in [6, 6.07) is 1.86. The molecule has 5 heteroatoms. The Bertz CT molecular complexity index is 259. The Morgan fingerprint density at radius 3 is 2.38 bits per heavy atom. The van der Waals surface area contributed by atoms with Gasteiger partial charge < -0.3 is 10.4 Å². The largest absolute Gasteiger partial charge is 0.395 e. The van der Waals surface area contributed by atoms with Gasteiger partial charge in [-0.2, -0.15) is 17.0 Å². The monoisotopic (exact) mass is 244 g/mol. The number of carbonyl (C=O) groups excluding carboxylic acids is 1. The SMILES string of the molecule is CSC(CO)C(C)NC(=O)C(C#N)C(C)C. The molecular formula is C11H20N2O2S. The maximum atomic E-state index is 11.7. The molecule has 0 aromatic carbocycles. The van der Waals surface area contributed by atoms with Gasteiger partial charge in [-0.25, -0.2) is 0 Å². The van der Waals surface area contributed by atoms with Crippen LogP contribution in [0.1, 0.15) is 20.8 Å². The van der Waals surface area contributed by atoms with E-state index in [1.54, 1.807) is 0 Å². The molecule has 0 radical (unpaired) electrons. The zero-order valence-corrected chi connectivity index (χ0v) is 11.0. The molecule has 0 heterocycles. The van der Waals surface area contributed by atoms with Crippen LogP contribution in [0.4, 0.5) is 0 Å². The molecule has 4 nitrogen and oxygen atoms in total. The summed E-state index contributed by atoms with van der Waals surface area (Å²) in [4.78, 5) is 11.7. The summed E-state index contributed by atoms with van der Waals surface area (Å²) in [5.74, 6) is -0.875. The minimum absolute atomic E-state index is 0.000874. The Hall–Kier alpha value is -0.730. The average Bonchev–Trinajstić information content (AvgIpc) is 2.19. The lowest BCUT2D eigenvalue weighted by Gasteiger charge is -2.23. The lowest BCUT2D eigenvalue weighted by molar-refractivity contribution is -0.125. The highest BCUT2D eigenvalue weighted by molar-refractivity contribution is 7.99. The molecule has 0 aliphatic heterocycles. The summed E-state index contributed by atoms with van der Waals surface area (Å²) in [5, 5.41) is 20.7. The molecule has 0 aliphatic carbocycles. The highest BCUT2D eigenvalue weighted by Crippen LogP contribution is 2.13. The quantitative estimate of drug-likeness (QED) is 0.731. The van der Waals surface area contributed by atoms with Crippen molar-refractivity contribution in [1.29, 1.82) is 5.26 Å². The predicted octanol–water partition coefficient (Wildman–Crippen LogP) is 1.01. The van der Waals surface area contributed by atoms with E-state index in [1.165, 1.54) is 11.8 Å². The second kappa shape index (κ2) is 7.53. The summed E-state index contributed by atoms with van der Waals surface area (Å²) < 4.78 is 0. The number of aliphatic hydroxyl groups excluding tert-OH is 1. The minimum atomic E-state index is -0.622. The van der Waals surface area contributed by atoms with Crippen molar-refractivity contribution >= 4 is 17.7 Å². The van der Waals surface area contributed by atoms with E-state index in [-0.39, 0.29) is 29.7 Å². The van der Waals surface area contributed by atoms with Gasteiger partial charge in [0.25, 0.3) is 0 Å². The van der Waals surface area contributed by atoms with Gasteiger partial charge in [0.15, 0.2) is 0 Å². The van der Waals surface area contributed by atoms with E-state index in [2.05, 4.69) is 5.32 Å². The van der Waals surface area contributed by atoms with Crippen LogP contribution in [-0.2, 0) is 4.79 Å². The summed E-state index contributed by atoms with van der Waals surface area (Å²) in [5.41, 5.74) is 0. The van der Waals surface area contributed by atoms with Gasteiger partial charge in [0, 0.05) is 11.3 Å². The fourth-order valence-corrected chi connectivity index (χ4v) is 1.98. The van der Waals surface area contributed by atoms with Crippen LogP contribution in [0.5, 0.6) is 0 Å². The van der Waals surface area contributed by atoms with Crippen LogP contribution in [0.15, 0.2) is 0 Å². The van der Waals surface area contributed by atoms with E-state index < -0.39 is 5.92 Å². The van der Waals surface area contributed by atoms with Crippen molar-refractivity contribution < 1.29 is 9.90 Å². The molecule has 0 spiro atoms. The van der Waals surface area contributed by atoms with Crippen LogP contribution in [0.3, 0.4) is 0 Å². The number of amides is 1. The van der Waals surface area contributed by atoms with Crippen molar-refractivity contribution in [1.82, 2.24) is 5.32 Å². The van der Waals surface area contributed by atoms with E-state index in [4.69, 9.17) is 10.4 Å². The molecule has 0 rings (SSSR count). The molecule has 0 fully saturated rings. The molecule has 92 valence electrons. The number of carbonyl (C=O) groups is 1. The number of hydrogen-bond acceptors (Lipinski definition) is 4. The molecular weight excluding hydrogens is 224 g/mol. The third-order valence-electron chi connectivity index (χ3n) is 2.50. The van der Waals surface area contributed by atoms with Crippen molar-refractivity contribution in [2.24, 2.45) is 11.8 Å². The number of hydrogen-bond donors (Lipinski definition) is 2. The molecule has 16 heavy (non-hydrogen) atoms. The molecule has 3 unspecified atom stereocenters. The predicted molar refractivity (Wildman–Crippen MR) is 65.9 cm³/mol. The van der Waals surface area contributed by atoms with Crippen molar-refractivity contribution in [3.63, 3.8) is 0 Å². The molecule has 0 bridgehead atoms. The zero-order valence-electron chi connectivity index (χ0n) is 10.2. The first-order valence-electron chi connectivity index (χ1n) is 5.31. The van der Waals surface area contributed by atoms with Crippen molar-refractivity contribution in [2.75, 3.05) is 12.9 Å². The maximum Gasteiger partial charge on any atom is 0.237 e. The lowest BCUT2D eigenvalue weighted by atomic mass is 9.96. The Morgan fingerprint density at radius 1 is 1.50 bits per heavy atom.